The van der Waals surface area contributed by atoms with Crippen LogP contribution in [0, 0.1) is 5.82 Å². The zero-order valence-electron chi connectivity index (χ0n) is 9.03. The Kier molecular flexibility index (Phi) is 4.00. The molecule has 1 nitrogen and oxygen atoms in total. The van der Waals surface area contributed by atoms with Crippen LogP contribution in [0.3, 0.4) is 0 Å². The minimum absolute atomic E-state index is 0. The normalized spacial score (nSPS) is 9.50. The molecule has 0 unspecified atom stereocenters. The molecule has 0 saturated carbocycles. The summed E-state index contributed by atoms with van der Waals surface area (Å²) in [5.74, 6) is 0.690. The molecule has 0 spiro atoms. The van der Waals surface area contributed by atoms with Gasteiger partial charge in [0.2, 0.25) is 0 Å². The summed E-state index contributed by atoms with van der Waals surface area (Å²) < 4.78 is 17.7. The fourth-order valence-corrected chi connectivity index (χ4v) is 1.22. The Morgan fingerprint density at radius 1 is 1.14 bits per heavy atom. The van der Waals surface area contributed by atoms with Gasteiger partial charge in [-0.15, -0.1) is 0 Å². The van der Waals surface area contributed by atoms with E-state index in [1.165, 1.54) is 12.1 Å². The molecule has 1 heterocycles. The minimum atomic E-state index is -0.205. The molecular weight excluding hydrogens is 174 g/mol. The summed E-state index contributed by atoms with van der Waals surface area (Å²) in [6, 6.07) is 10.2. The van der Waals surface area contributed by atoms with Crippen LogP contribution in [0.5, 0.6) is 0 Å². The van der Waals surface area contributed by atoms with Gasteiger partial charge < -0.3 is 5.84 Å². The molecule has 0 amide bonds. The monoisotopic (exact) mass is 184 g/mol. The average Bonchev–Trinajstić information content (AvgIpc) is 2.62. The van der Waals surface area contributed by atoms with E-state index in [0.717, 1.165) is 11.3 Å². The molecule has 3 heteroatoms. The average molecular weight is 184 g/mol. The third-order valence-corrected chi connectivity index (χ3v) is 1.87. The van der Waals surface area contributed by atoms with Crippen LogP contribution in [0.1, 0.15) is 12.8 Å². The van der Waals surface area contributed by atoms with Crippen molar-refractivity contribution >= 4 is 0 Å². The second kappa shape index (κ2) is 5.04. The molecule has 0 aliphatic rings. The number of rotatable bonds is 2. The van der Waals surface area contributed by atoms with Gasteiger partial charge in [0, 0.05) is 6.42 Å². The number of benzene rings is 1. The largest absolute Gasteiger partial charge is 1.00 e. The standard InChI is InChI=1S/C11H9FO.Li.H/c12-10-5-3-9(4-6-10)8-11-2-1-7-13-11;;/h1-7H,8H2;;/q;+1;-1. The van der Waals surface area contributed by atoms with E-state index in [2.05, 4.69) is 0 Å². The van der Waals surface area contributed by atoms with Gasteiger partial charge in [0.05, 0.1) is 6.26 Å². The van der Waals surface area contributed by atoms with Crippen molar-refractivity contribution in [2.75, 3.05) is 0 Å². The summed E-state index contributed by atoms with van der Waals surface area (Å²) in [7, 11) is 0. The summed E-state index contributed by atoms with van der Waals surface area (Å²) in [5.41, 5.74) is 1.05. The second-order valence-electron chi connectivity index (χ2n) is 2.88. The number of hydrogen-bond acceptors (Lipinski definition) is 1. The van der Waals surface area contributed by atoms with E-state index in [0.29, 0.717) is 6.42 Å². The SMILES string of the molecule is Fc1ccc(Cc2ccco2)cc1.[H-].[Li+]. The van der Waals surface area contributed by atoms with Crippen molar-refractivity contribution in [1.82, 2.24) is 0 Å². The molecule has 0 atom stereocenters. The first-order chi connectivity index (χ1) is 6.34. The van der Waals surface area contributed by atoms with Crippen LogP contribution in [0.15, 0.2) is 47.1 Å². The maximum Gasteiger partial charge on any atom is 1.00 e. The van der Waals surface area contributed by atoms with Gasteiger partial charge in [-0.3, -0.25) is 0 Å². The molecule has 2 rings (SSSR count). The zero-order chi connectivity index (χ0) is 9.10. The quantitative estimate of drug-likeness (QED) is 0.604. The van der Waals surface area contributed by atoms with Crippen molar-refractivity contribution < 1.29 is 29.1 Å². The fraction of sp³-hybridized carbons (Fsp3) is 0.0909. The smallest absolute Gasteiger partial charge is 1.00 e. The first-order valence-electron chi connectivity index (χ1n) is 4.11. The Bertz CT molecular complexity index is 372. The third kappa shape index (κ3) is 2.76. The first kappa shape index (κ1) is 11.1. The van der Waals surface area contributed by atoms with E-state index >= 15 is 0 Å². The molecule has 0 aliphatic carbocycles. The van der Waals surface area contributed by atoms with Crippen molar-refractivity contribution in [2.45, 2.75) is 6.42 Å². The van der Waals surface area contributed by atoms with Crippen LogP contribution in [0.2, 0.25) is 0 Å². The Hall–Kier alpha value is -0.973. The Balaban J connectivity index is 0.000000980. The summed E-state index contributed by atoms with van der Waals surface area (Å²) in [6.45, 7) is 0. The number of furan rings is 1. The summed E-state index contributed by atoms with van der Waals surface area (Å²) in [6.07, 6.45) is 2.35. The molecule has 14 heavy (non-hydrogen) atoms. The molecule has 0 fully saturated rings. The Morgan fingerprint density at radius 2 is 1.86 bits per heavy atom. The van der Waals surface area contributed by atoms with Gasteiger partial charge in [0.1, 0.15) is 11.6 Å². The number of halogens is 1. The predicted molar refractivity (Wildman–Crippen MR) is 49.0 cm³/mol. The van der Waals surface area contributed by atoms with E-state index in [-0.39, 0.29) is 26.1 Å². The Morgan fingerprint density at radius 3 is 2.43 bits per heavy atom. The predicted octanol–water partition coefficient (Wildman–Crippen LogP) is 0.126. The van der Waals surface area contributed by atoms with E-state index in [4.69, 9.17) is 4.42 Å². The topological polar surface area (TPSA) is 13.1 Å². The van der Waals surface area contributed by atoms with Crippen molar-refractivity contribution in [3.8, 4) is 0 Å². The van der Waals surface area contributed by atoms with E-state index in [1.807, 2.05) is 12.1 Å². The molecule has 2 aromatic rings. The summed E-state index contributed by atoms with van der Waals surface area (Å²) in [5, 5.41) is 0. The van der Waals surface area contributed by atoms with Crippen molar-refractivity contribution in [2.24, 2.45) is 0 Å². The van der Waals surface area contributed by atoms with E-state index in [9.17, 15) is 4.39 Å². The van der Waals surface area contributed by atoms with Gasteiger partial charge in [0.15, 0.2) is 0 Å². The molecule has 68 valence electrons. The maximum absolute atomic E-state index is 12.5. The van der Waals surface area contributed by atoms with Crippen LogP contribution in [0.25, 0.3) is 0 Å². The molecule has 0 bridgehead atoms. The van der Waals surface area contributed by atoms with Gasteiger partial charge >= 0.3 is 18.9 Å². The van der Waals surface area contributed by atoms with Crippen LogP contribution in [-0.4, -0.2) is 0 Å². The van der Waals surface area contributed by atoms with Gasteiger partial charge in [-0.2, -0.15) is 0 Å². The van der Waals surface area contributed by atoms with Gasteiger partial charge in [-0.05, 0) is 29.8 Å². The van der Waals surface area contributed by atoms with Crippen LogP contribution in [0.4, 0.5) is 4.39 Å². The van der Waals surface area contributed by atoms with Gasteiger partial charge in [0.25, 0.3) is 0 Å². The van der Waals surface area contributed by atoms with Crippen molar-refractivity contribution in [3.05, 3.63) is 59.8 Å². The second-order valence-corrected chi connectivity index (χ2v) is 2.88. The first-order valence-corrected chi connectivity index (χ1v) is 4.11. The molecule has 0 aliphatic heterocycles. The molecular formula is C11H10FLiO. The van der Waals surface area contributed by atoms with Crippen LogP contribution < -0.4 is 18.9 Å². The van der Waals surface area contributed by atoms with Gasteiger partial charge in [-0.1, -0.05) is 12.1 Å². The van der Waals surface area contributed by atoms with E-state index < -0.39 is 0 Å². The Labute approximate surface area is 95.6 Å². The van der Waals surface area contributed by atoms with Crippen LogP contribution in [-0.2, 0) is 6.42 Å². The molecule has 1 aromatic heterocycles. The van der Waals surface area contributed by atoms with Crippen LogP contribution >= 0.6 is 0 Å². The molecule has 0 saturated heterocycles. The molecule has 1 aromatic carbocycles. The number of hydrogen-bond donors (Lipinski definition) is 0. The van der Waals surface area contributed by atoms with Crippen molar-refractivity contribution in [1.29, 1.82) is 0 Å². The fourth-order valence-electron chi connectivity index (χ4n) is 1.22. The zero-order valence-corrected chi connectivity index (χ0v) is 8.03. The van der Waals surface area contributed by atoms with Gasteiger partial charge in [-0.25, -0.2) is 4.39 Å². The van der Waals surface area contributed by atoms with Crippen molar-refractivity contribution in [3.63, 3.8) is 0 Å². The summed E-state index contributed by atoms with van der Waals surface area (Å²) >= 11 is 0. The van der Waals surface area contributed by atoms with E-state index in [1.54, 1.807) is 18.4 Å². The molecule has 0 N–H and O–H groups in total. The summed E-state index contributed by atoms with van der Waals surface area (Å²) in [4.78, 5) is 0. The minimum Gasteiger partial charge on any atom is -1.00 e. The third-order valence-electron chi connectivity index (χ3n) is 1.87. The molecule has 0 radical (unpaired) electrons. The maximum atomic E-state index is 12.5.